The minimum Gasteiger partial charge on any atom is -0.385 e. The molecule has 0 aliphatic carbocycles. The molecule has 3 rings (SSSR count). The van der Waals surface area contributed by atoms with Gasteiger partial charge in [-0.25, -0.2) is 4.39 Å². The summed E-state index contributed by atoms with van der Waals surface area (Å²) in [5, 5.41) is 6.35. The molecule has 0 spiro atoms. The lowest BCUT2D eigenvalue weighted by atomic mass is 10.1. The molecule has 2 aromatic carbocycles. The van der Waals surface area contributed by atoms with Crippen molar-refractivity contribution in [3.63, 3.8) is 0 Å². The largest absolute Gasteiger partial charge is 0.385 e. The van der Waals surface area contributed by atoms with Gasteiger partial charge in [-0.2, -0.15) is 0 Å². The average Bonchev–Trinajstić information content (AvgIpc) is 3.03. The zero-order valence-electron chi connectivity index (χ0n) is 15.8. The summed E-state index contributed by atoms with van der Waals surface area (Å²) >= 11 is 0. The van der Waals surface area contributed by atoms with Crippen LogP contribution in [0.15, 0.2) is 42.5 Å². The maximum absolute atomic E-state index is 13.1. The van der Waals surface area contributed by atoms with Crippen molar-refractivity contribution in [3.8, 4) is 0 Å². The van der Waals surface area contributed by atoms with Crippen LogP contribution >= 0.6 is 0 Å². The highest BCUT2D eigenvalue weighted by Crippen LogP contribution is 2.29. The van der Waals surface area contributed by atoms with E-state index in [4.69, 9.17) is 4.74 Å². The monoisotopic (exact) mass is 383 g/mol. The van der Waals surface area contributed by atoms with Crippen molar-refractivity contribution >= 4 is 28.4 Å². The normalized spacial score (nSPS) is 10.8. The van der Waals surface area contributed by atoms with Crippen molar-refractivity contribution in [2.45, 2.75) is 13.3 Å². The van der Waals surface area contributed by atoms with Crippen LogP contribution < -0.4 is 10.6 Å². The maximum atomic E-state index is 13.1. The van der Waals surface area contributed by atoms with Crippen LogP contribution in [0.1, 0.15) is 32.8 Å². The van der Waals surface area contributed by atoms with Crippen LogP contribution in [0.2, 0.25) is 0 Å². The Hall–Kier alpha value is -3.19. The fourth-order valence-corrected chi connectivity index (χ4v) is 2.90. The maximum Gasteiger partial charge on any atom is 0.269 e. The topological polar surface area (TPSA) is 83.2 Å². The molecule has 0 saturated carbocycles. The molecule has 0 bridgehead atoms. The summed E-state index contributed by atoms with van der Waals surface area (Å²) in [5.74, 6) is -1.16. The molecular formula is C21H22FN3O3. The SMILES string of the molecule is COCCCNC(=O)c1[nH]c2ccc(C)cc2c1NC(=O)c1ccc(F)cc1. The molecule has 1 heterocycles. The fourth-order valence-electron chi connectivity index (χ4n) is 2.90. The molecule has 1 aromatic heterocycles. The van der Waals surface area contributed by atoms with Crippen LogP contribution in [0, 0.1) is 12.7 Å². The number of methoxy groups -OCH3 is 1. The minimum atomic E-state index is -0.421. The fraction of sp³-hybridized carbons (Fsp3) is 0.238. The highest BCUT2D eigenvalue weighted by molar-refractivity contribution is 6.15. The number of carbonyl (C=O) groups excluding carboxylic acids is 2. The highest BCUT2D eigenvalue weighted by Gasteiger charge is 2.20. The lowest BCUT2D eigenvalue weighted by molar-refractivity contribution is 0.0945. The first-order valence-electron chi connectivity index (χ1n) is 8.96. The molecule has 0 fully saturated rings. The summed E-state index contributed by atoms with van der Waals surface area (Å²) < 4.78 is 18.1. The quantitative estimate of drug-likeness (QED) is 0.545. The summed E-state index contributed by atoms with van der Waals surface area (Å²) in [4.78, 5) is 28.4. The molecule has 2 amide bonds. The highest BCUT2D eigenvalue weighted by atomic mass is 19.1. The molecule has 6 nitrogen and oxygen atoms in total. The zero-order chi connectivity index (χ0) is 20.1. The Bertz CT molecular complexity index is 996. The number of benzene rings is 2. The molecule has 146 valence electrons. The Balaban J connectivity index is 1.91. The van der Waals surface area contributed by atoms with Gasteiger partial charge in [0.05, 0.1) is 5.69 Å². The van der Waals surface area contributed by atoms with E-state index in [1.54, 1.807) is 7.11 Å². The van der Waals surface area contributed by atoms with Crippen LogP contribution in [0.5, 0.6) is 0 Å². The second kappa shape index (κ2) is 8.67. The van der Waals surface area contributed by atoms with Gasteiger partial charge in [-0.05, 0) is 49.7 Å². The molecule has 0 aliphatic rings. The molecule has 0 unspecified atom stereocenters. The summed E-state index contributed by atoms with van der Waals surface area (Å²) in [6.07, 6.45) is 0.679. The standard InChI is InChI=1S/C21H22FN3O3/c1-13-4-9-17-16(12-13)18(19(24-17)21(27)23-10-3-11-28-2)25-20(26)14-5-7-15(22)8-6-14/h4-9,12,24H,3,10-11H2,1-2H3,(H,23,27)(H,25,26). The minimum absolute atomic E-state index is 0.272. The second-order valence-electron chi connectivity index (χ2n) is 6.49. The van der Waals surface area contributed by atoms with Crippen LogP contribution in [-0.4, -0.2) is 37.1 Å². The van der Waals surface area contributed by atoms with E-state index in [-0.39, 0.29) is 11.6 Å². The molecule has 0 saturated heterocycles. The Morgan fingerprint density at radius 2 is 1.86 bits per heavy atom. The molecular weight excluding hydrogens is 361 g/mol. The zero-order valence-corrected chi connectivity index (χ0v) is 15.8. The van der Waals surface area contributed by atoms with Crippen molar-refractivity contribution in [1.82, 2.24) is 10.3 Å². The molecule has 0 radical (unpaired) electrons. The van der Waals surface area contributed by atoms with Crippen LogP contribution in [0.25, 0.3) is 10.9 Å². The summed E-state index contributed by atoms with van der Waals surface area (Å²) in [6.45, 7) is 2.93. The van der Waals surface area contributed by atoms with E-state index in [0.29, 0.717) is 30.8 Å². The Morgan fingerprint density at radius 1 is 1.11 bits per heavy atom. The van der Waals surface area contributed by atoms with E-state index in [9.17, 15) is 14.0 Å². The number of aromatic nitrogens is 1. The molecule has 28 heavy (non-hydrogen) atoms. The van der Waals surface area contributed by atoms with Gasteiger partial charge < -0.3 is 20.4 Å². The number of amides is 2. The Labute approximate surface area is 162 Å². The first kappa shape index (κ1) is 19.6. The van der Waals surface area contributed by atoms with Gasteiger partial charge in [-0.1, -0.05) is 11.6 Å². The lowest BCUT2D eigenvalue weighted by Gasteiger charge is -2.09. The third kappa shape index (κ3) is 4.37. The van der Waals surface area contributed by atoms with E-state index >= 15 is 0 Å². The summed E-state index contributed by atoms with van der Waals surface area (Å²) in [7, 11) is 1.60. The van der Waals surface area contributed by atoms with Crippen LogP contribution in [0.3, 0.4) is 0 Å². The predicted octanol–water partition coefficient (Wildman–Crippen LogP) is 3.63. The van der Waals surface area contributed by atoms with Gasteiger partial charge in [0.15, 0.2) is 0 Å². The Morgan fingerprint density at radius 3 is 2.57 bits per heavy atom. The van der Waals surface area contributed by atoms with Gasteiger partial charge in [0.25, 0.3) is 11.8 Å². The molecule has 0 aliphatic heterocycles. The number of H-pyrrole nitrogens is 1. The number of aryl methyl sites for hydroxylation is 1. The second-order valence-corrected chi connectivity index (χ2v) is 6.49. The van der Waals surface area contributed by atoms with Crippen LogP contribution in [-0.2, 0) is 4.74 Å². The lowest BCUT2D eigenvalue weighted by Crippen LogP contribution is -2.27. The summed E-state index contributed by atoms with van der Waals surface area (Å²) in [6, 6.07) is 10.9. The number of fused-ring (bicyclic) bond motifs is 1. The van der Waals surface area contributed by atoms with Crippen molar-refractivity contribution < 1.29 is 18.7 Å². The van der Waals surface area contributed by atoms with E-state index in [1.807, 2.05) is 25.1 Å². The van der Waals surface area contributed by atoms with Gasteiger partial charge in [0.2, 0.25) is 0 Å². The van der Waals surface area contributed by atoms with E-state index < -0.39 is 11.7 Å². The number of nitrogens with one attached hydrogen (secondary N) is 3. The molecule has 3 aromatic rings. The number of aromatic amines is 1. The number of ether oxygens (including phenoxy) is 1. The number of halogens is 1. The van der Waals surface area contributed by atoms with Crippen molar-refractivity contribution in [2.24, 2.45) is 0 Å². The third-order valence-electron chi connectivity index (χ3n) is 4.34. The van der Waals surface area contributed by atoms with Gasteiger partial charge in [-0.3, -0.25) is 9.59 Å². The van der Waals surface area contributed by atoms with E-state index in [1.165, 1.54) is 24.3 Å². The van der Waals surface area contributed by atoms with Crippen molar-refractivity contribution in [3.05, 3.63) is 65.1 Å². The van der Waals surface area contributed by atoms with Gasteiger partial charge >= 0.3 is 0 Å². The van der Waals surface area contributed by atoms with E-state index in [0.717, 1.165) is 16.5 Å². The number of hydrogen-bond acceptors (Lipinski definition) is 3. The molecule has 7 heteroatoms. The van der Waals surface area contributed by atoms with Crippen molar-refractivity contribution in [1.29, 1.82) is 0 Å². The molecule has 0 atom stereocenters. The molecule has 3 N–H and O–H groups in total. The first-order valence-corrected chi connectivity index (χ1v) is 8.96. The predicted molar refractivity (Wildman–Crippen MR) is 106 cm³/mol. The Kier molecular flexibility index (Phi) is 6.06. The summed E-state index contributed by atoms with van der Waals surface area (Å²) in [5.41, 5.74) is 2.71. The number of hydrogen-bond donors (Lipinski definition) is 3. The van der Waals surface area contributed by atoms with Crippen molar-refractivity contribution in [2.75, 3.05) is 25.6 Å². The average molecular weight is 383 g/mol. The first-order chi connectivity index (χ1) is 13.5. The van der Waals surface area contributed by atoms with Gasteiger partial charge in [-0.15, -0.1) is 0 Å². The van der Waals surface area contributed by atoms with E-state index in [2.05, 4.69) is 15.6 Å². The number of carbonyl (C=O) groups is 2. The number of anilines is 1. The smallest absolute Gasteiger partial charge is 0.269 e. The third-order valence-corrected chi connectivity index (χ3v) is 4.34. The number of rotatable bonds is 7. The van der Waals surface area contributed by atoms with Crippen LogP contribution in [0.4, 0.5) is 10.1 Å². The van der Waals surface area contributed by atoms with Gasteiger partial charge in [0.1, 0.15) is 11.5 Å². The van der Waals surface area contributed by atoms with Gasteiger partial charge in [0, 0.05) is 36.7 Å².